The Bertz CT molecular complexity index is 772. The number of hydrogen-bond acceptors (Lipinski definition) is 6. The average Bonchev–Trinajstić information content (AvgIpc) is 3.07. The van der Waals surface area contributed by atoms with E-state index in [1.807, 2.05) is 25.1 Å². The van der Waals surface area contributed by atoms with Crippen LogP contribution in [0.2, 0.25) is 0 Å². The average molecular weight is 409 g/mol. The first-order valence-electron chi connectivity index (χ1n) is 7.79. The normalized spacial score (nSPS) is 12.4. The number of nitrogens with two attached hydrogens (primary N) is 1. The van der Waals surface area contributed by atoms with E-state index in [1.54, 1.807) is 7.05 Å². The van der Waals surface area contributed by atoms with Gasteiger partial charge in [0.1, 0.15) is 11.4 Å². The van der Waals surface area contributed by atoms with Gasteiger partial charge in [0, 0.05) is 24.5 Å². The number of aromatic nitrogens is 2. The van der Waals surface area contributed by atoms with Gasteiger partial charge >= 0.3 is 0 Å². The molecule has 4 N–H and O–H groups in total. The van der Waals surface area contributed by atoms with Crippen molar-refractivity contribution in [2.45, 2.75) is 26.2 Å². The maximum atomic E-state index is 9.41. The SMILES string of the molecule is CN=C(N)NCCCc1nonc1/C(Cc1ccc(C)c(Br)c1)=N/O. The molecule has 134 valence electrons. The van der Waals surface area contributed by atoms with E-state index in [0.717, 1.165) is 22.0 Å². The van der Waals surface area contributed by atoms with E-state index in [0.29, 0.717) is 42.4 Å². The molecule has 0 aliphatic carbocycles. The molecule has 1 aromatic carbocycles. The van der Waals surface area contributed by atoms with Crippen molar-refractivity contribution in [2.75, 3.05) is 13.6 Å². The summed E-state index contributed by atoms with van der Waals surface area (Å²) in [5, 5.41) is 23.6. The van der Waals surface area contributed by atoms with Crippen LogP contribution in [0.1, 0.15) is 28.9 Å². The predicted molar refractivity (Wildman–Crippen MR) is 99.1 cm³/mol. The number of aryl methyl sites for hydroxylation is 2. The first-order valence-corrected chi connectivity index (χ1v) is 8.58. The summed E-state index contributed by atoms with van der Waals surface area (Å²) in [5.74, 6) is 0.390. The molecule has 0 aliphatic rings. The van der Waals surface area contributed by atoms with Gasteiger partial charge in [-0.15, -0.1) is 0 Å². The number of rotatable bonds is 7. The minimum atomic E-state index is 0.390. The lowest BCUT2D eigenvalue weighted by atomic mass is 10.0. The van der Waals surface area contributed by atoms with Crippen molar-refractivity contribution in [3.63, 3.8) is 0 Å². The molecule has 2 rings (SSSR count). The molecular formula is C16H21BrN6O2. The molecule has 1 heterocycles. The third-order valence-corrected chi connectivity index (χ3v) is 4.55. The van der Waals surface area contributed by atoms with Crippen LogP contribution >= 0.6 is 15.9 Å². The van der Waals surface area contributed by atoms with Gasteiger partial charge in [0.05, 0.1) is 0 Å². The second-order valence-electron chi connectivity index (χ2n) is 5.51. The molecule has 2 aromatic rings. The summed E-state index contributed by atoms with van der Waals surface area (Å²) >= 11 is 3.51. The fourth-order valence-corrected chi connectivity index (χ4v) is 2.67. The minimum Gasteiger partial charge on any atom is -0.411 e. The largest absolute Gasteiger partial charge is 0.411 e. The van der Waals surface area contributed by atoms with Crippen LogP contribution in [0.5, 0.6) is 0 Å². The van der Waals surface area contributed by atoms with E-state index in [4.69, 9.17) is 10.4 Å². The molecule has 0 saturated heterocycles. The fraction of sp³-hybridized carbons (Fsp3) is 0.375. The molecule has 0 aliphatic heterocycles. The molecule has 0 unspecified atom stereocenters. The van der Waals surface area contributed by atoms with E-state index in [9.17, 15) is 5.21 Å². The van der Waals surface area contributed by atoms with Gasteiger partial charge in [-0.2, -0.15) is 0 Å². The Kier molecular flexibility index (Phi) is 6.93. The molecule has 0 saturated carbocycles. The highest BCUT2D eigenvalue weighted by Gasteiger charge is 2.17. The lowest BCUT2D eigenvalue weighted by molar-refractivity contribution is 0.300. The molecular weight excluding hydrogens is 388 g/mol. The van der Waals surface area contributed by atoms with E-state index in [1.165, 1.54) is 0 Å². The molecule has 9 heteroatoms. The lowest BCUT2D eigenvalue weighted by Crippen LogP contribution is -2.32. The Morgan fingerprint density at radius 3 is 2.88 bits per heavy atom. The van der Waals surface area contributed by atoms with E-state index in [2.05, 4.69) is 41.7 Å². The molecule has 8 nitrogen and oxygen atoms in total. The third kappa shape index (κ3) is 5.28. The Morgan fingerprint density at radius 2 is 2.20 bits per heavy atom. The Morgan fingerprint density at radius 1 is 1.40 bits per heavy atom. The van der Waals surface area contributed by atoms with Crippen molar-refractivity contribution in [1.82, 2.24) is 15.6 Å². The number of nitrogens with zero attached hydrogens (tertiary/aromatic N) is 4. The maximum Gasteiger partial charge on any atom is 0.188 e. The van der Waals surface area contributed by atoms with Crippen LogP contribution in [-0.2, 0) is 12.8 Å². The highest BCUT2D eigenvalue weighted by molar-refractivity contribution is 9.10. The van der Waals surface area contributed by atoms with Gasteiger partial charge < -0.3 is 16.3 Å². The van der Waals surface area contributed by atoms with Crippen molar-refractivity contribution < 1.29 is 9.84 Å². The van der Waals surface area contributed by atoms with Gasteiger partial charge in [-0.25, -0.2) is 4.63 Å². The molecule has 0 bridgehead atoms. The number of nitrogens with one attached hydrogen (secondary N) is 1. The molecule has 1 aromatic heterocycles. The lowest BCUT2D eigenvalue weighted by Gasteiger charge is -2.06. The quantitative estimate of drug-likeness (QED) is 0.212. The van der Waals surface area contributed by atoms with Crippen molar-refractivity contribution in [2.24, 2.45) is 15.9 Å². The van der Waals surface area contributed by atoms with Crippen LogP contribution in [0.25, 0.3) is 0 Å². The van der Waals surface area contributed by atoms with Crippen LogP contribution in [-0.4, -0.2) is 40.8 Å². The molecule has 0 fully saturated rings. The Balaban J connectivity index is 2.04. The summed E-state index contributed by atoms with van der Waals surface area (Å²) in [6, 6.07) is 5.97. The van der Waals surface area contributed by atoms with Gasteiger partial charge in [0.2, 0.25) is 0 Å². The van der Waals surface area contributed by atoms with E-state index in [-0.39, 0.29) is 0 Å². The van der Waals surface area contributed by atoms with Crippen LogP contribution < -0.4 is 11.1 Å². The number of benzene rings is 1. The molecule has 0 atom stereocenters. The standard InChI is InChI=1S/C16H21BrN6O2/c1-10-5-6-11(8-12(10)17)9-14(21-24)15-13(22-25-23-15)4-3-7-20-16(18)19-2/h5-6,8,24H,3-4,7,9H2,1-2H3,(H3,18,19,20)/b21-14+. The number of halogens is 1. The van der Waals surface area contributed by atoms with Crippen molar-refractivity contribution >= 4 is 27.6 Å². The number of guanidine groups is 1. The molecule has 0 amide bonds. The monoisotopic (exact) mass is 408 g/mol. The Hall–Kier alpha value is -2.42. The van der Waals surface area contributed by atoms with E-state index >= 15 is 0 Å². The number of aliphatic imine (C=N–C) groups is 1. The zero-order valence-corrected chi connectivity index (χ0v) is 15.7. The smallest absolute Gasteiger partial charge is 0.188 e. The summed E-state index contributed by atoms with van der Waals surface area (Å²) in [7, 11) is 1.62. The first-order chi connectivity index (χ1) is 12.0. The predicted octanol–water partition coefficient (Wildman–Crippen LogP) is 2.03. The van der Waals surface area contributed by atoms with Crippen LogP contribution in [0.15, 0.2) is 37.4 Å². The van der Waals surface area contributed by atoms with Gasteiger partial charge in [-0.3, -0.25) is 4.99 Å². The van der Waals surface area contributed by atoms with Gasteiger partial charge in [-0.05, 0) is 42.1 Å². The summed E-state index contributed by atoms with van der Waals surface area (Å²) in [6.07, 6.45) is 1.79. The van der Waals surface area contributed by atoms with Gasteiger partial charge in [-0.1, -0.05) is 38.4 Å². The van der Waals surface area contributed by atoms with Crippen molar-refractivity contribution in [3.8, 4) is 0 Å². The topological polar surface area (TPSA) is 122 Å². The molecule has 25 heavy (non-hydrogen) atoms. The summed E-state index contributed by atoms with van der Waals surface area (Å²) in [6.45, 7) is 2.66. The molecule has 0 radical (unpaired) electrons. The molecule has 0 spiro atoms. The second kappa shape index (κ2) is 9.16. The number of oxime groups is 1. The maximum absolute atomic E-state index is 9.41. The summed E-state index contributed by atoms with van der Waals surface area (Å²) in [4.78, 5) is 3.82. The van der Waals surface area contributed by atoms with Crippen molar-refractivity contribution in [3.05, 3.63) is 45.2 Å². The van der Waals surface area contributed by atoms with Crippen LogP contribution in [0.4, 0.5) is 0 Å². The third-order valence-electron chi connectivity index (χ3n) is 3.70. The fourth-order valence-electron chi connectivity index (χ4n) is 2.25. The highest BCUT2D eigenvalue weighted by atomic mass is 79.9. The van der Waals surface area contributed by atoms with Crippen LogP contribution in [0.3, 0.4) is 0 Å². The summed E-state index contributed by atoms with van der Waals surface area (Å²) < 4.78 is 5.84. The van der Waals surface area contributed by atoms with E-state index < -0.39 is 0 Å². The summed E-state index contributed by atoms with van der Waals surface area (Å²) in [5.41, 5.74) is 9.23. The van der Waals surface area contributed by atoms with Gasteiger partial charge in [0.25, 0.3) is 0 Å². The van der Waals surface area contributed by atoms with Crippen LogP contribution in [0, 0.1) is 6.92 Å². The first kappa shape index (κ1) is 18.9. The zero-order chi connectivity index (χ0) is 18.2. The Labute approximate surface area is 154 Å². The van der Waals surface area contributed by atoms with Gasteiger partial charge in [0.15, 0.2) is 11.7 Å². The second-order valence-corrected chi connectivity index (χ2v) is 6.36. The number of hydrogen-bond donors (Lipinski definition) is 3. The van der Waals surface area contributed by atoms with Crippen molar-refractivity contribution in [1.29, 1.82) is 0 Å². The highest BCUT2D eigenvalue weighted by Crippen LogP contribution is 2.19. The zero-order valence-electron chi connectivity index (χ0n) is 14.2. The minimum absolute atomic E-state index is 0.390.